The summed E-state index contributed by atoms with van der Waals surface area (Å²) in [6, 6.07) is 0. The standard InChI is InChI=1S/C12H25NO3/c1-3-4-5-11(7-6-10(2)15)12(16)13-8-9-14/h10-11,14-15H,3-9H2,1-2H3,(H,13,16)/t10-,11+/m1/s1. The molecule has 1 amide bonds. The predicted molar refractivity (Wildman–Crippen MR) is 64.0 cm³/mol. The lowest BCUT2D eigenvalue weighted by atomic mass is 9.94. The van der Waals surface area contributed by atoms with E-state index in [4.69, 9.17) is 5.11 Å². The lowest BCUT2D eigenvalue weighted by Gasteiger charge is -2.16. The van der Waals surface area contributed by atoms with Crippen molar-refractivity contribution in [2.75, 3.05) is 13.2 Å². The van der Waals surface area contributed by atoms with Crippen molar-refractivity contribution in [2.45, 2.75) is 52.1 Å². The number of nitrogens with one attached hydrogen (secondary N) is 1. The van der Waals surface area contributed by atoms with Crippen molar-refractivity contribution in [3.05, 3.63) is 0 Å². The highest BCUT2D eigenvalue weighted by Gasteiger charge is 2.17. The number of hydrogen-bond donors (Lipinski definition) is 3. The summed E-state index contributed by atoms with van der Waals surface area (Å²) >= 11 is 0. The van der Waals surface area contributed by atoms with E-state index in [2.05, 4.69) is 12.2 Å². The van der Waals surface area contributed by atoms with E-state index >= 15 is 0 Å². The first-order valence-corrected chi connectivity index (χ1v) is 6.18. The van der Waals surface area contributed by atoms with Crippen LogP contribution in [0.25, 0.3) is 0 Å². The van der Waals surface area contributed by atoms with Gasteiger partial charge in [-0.3, -0.25) is 4.79 Å². The molecule has 0 heterocycles. The van der Waals surface area contributed by atoms with Gasteiger partial charge in [-0.15, -0.1) is 0 Å². The van der Waals surface area contributed by atoms with Gasteiger partial charge >= 0.3 is 0 Å². The molecule has 0 aromatic rings. The molecule has 0 rings (SSSR count). The van der Waals surface area contributed by atoms with Gasteiger partial charge in [-0.05, 0) is 26.2 Å². The molecule has 0 aliphatic carbocycles. The Bertz CT molecular complexity index is 183. The molecule has 96 valence electrons. The Morgan fingerprint density at radius 2 is 2.00 bits per heavy atom. The zero-order valence-corrected chi connectivity index (χ0v) is 10.4. The topological polar surface area (TPSA) is 69.6 Å². The molecule has 0 aliphatic rings. The van der Waals surface area contributed by atoms with E-state index in [0.717, 1.165) is 25.7 Å². The minimum absolute atomic E-state index is 0.00292. The SMILES string of the molecule is CCCC[C@@H](CC[C@@H](C)O)C(=O)NCCO. The van der Waals surface area contributed by atoms with Gasteiger partial charge in [0.1, 0.15) is 0 Å². The predicted octanol–water partition coefficient (Wildman–Crippen LogP) is 1.06. The van der Waals surface area contributed by atoms with Crippen LogP contribution >= 0.6 is 0 Å². The first-order valence-electron chi connectivity index (χ1n) is 6.18. The molecule has 0 saturated carbocycles. The molecule has 0 saturated heterocycles. The van der Waals surface area contributed by atoms with Crippen molar-refractivity contribution in [3.63, 3.8) is 0 Å². The average molecular weight is 231 g/mol. The summed E-state index contributed by atoms with van der Waals surface area (Å²) in [4.78, 5) is 11.7. The minimum Gasteiger partial charge on any atom is -0.395 e. The smallest absolute Gasteiger partial charge is 0.223 e. The lowest BCUT2D eigenvalue weighted by Crippen LogP contribution is -2.33. The minimum atomic E-state index is -0.352. The molecule has 4 heteroatoms. The van der Waals surface area contributed by atoms with Gasteiger partial charge in [0.25, 0.3) is 0 Å². The number of unbranched alkanes of at least 4 members (excludes halogenated alkanes) is 1. The second-order valence-electron chi connectivity index (χ2n) is 4.28. The zero-order valence-electron chi connectivity index (χ0n) is 10.4. The third-order valence-corrected chi connectivity index (χ3v) is 2.62. The van der Waals surface area contributed by atoms with E-state index in [-0.39, 0.29) is 24.5 Å². The number of carbonyl (C=O) groups is 1. The quantitative estimate of drug-likeness (QED) is 0.556. The monoisotopic (exact) mass is 231 g/mol. The van der Waals surface area contributed by atoms with Crippen molar-refractivity contribution < 1.29 is 15.0 Å². The van der Waals surface area contributed by atoms with Crippen LogP contribution in [0.5, 0.6) is 0 Å². The Morgan fingerprint density at radius 1 is 1.31 bits per heavy atom. The number of aliphatic hydroxyl groups excluding tert-OH is 2. The Balaban J connectivity index is 4.01. The van der Waals surface area contributed by atoms with Crippen molar-refractivity contribution in [3.8, 4) is 0 Å². The molecule has 0 aromatic heterocycles. The van der Waals surface area contributed by atoms with E-state index in [9.17, 15) is 9.90 Å². The van der Waals surface area contributed by atoms with Gasteiger partial charge in [-0.25, -0.2) is 0 Å². The van der Waals surface area contributed by atoms with E-state index in [0.29, 0.717) is 13.0 Å². The number of aliphatic hydroxyl groups is 2. The number of hydrogen-bond acceptors (Lipinski definition) is 3. The maximum absolute atomic E-state index is 11.7. The number of carbonyl (C=O) groups excluding carboxylic acids is 1. The fourth-order valence-corrected chi connectivity index (χ4v) is 1.62. The molecule has 0 radical (unpaired) electrons. The van der Waals surface area contributed by atoms with E-state index < -0.39 is 0 Å². The Morgan fingerprint density at radius 3 is 2.50 bits per heavy atom. The van der Waals surface area contributed by atoms with Gasteiger partial charge in [0.2, 0.25) is 5.91 Å². The summed E-state index contributed by atoms with van der Waals surface area (Å²) in [6.45, 7) is 4.12. The second-order valence-corrected chi connectivity index (χ2v) is 4.28. The number of amides is 1. The normalized spacial score (nSPS) is 14.5. The second kappa shape index (κ2) is 9.60. The van der Waals surface area contributed by atoms with Crippen molar-refractivity contribution in [1.82, 2.24) is 5.32 Å². The third kappa shape index (κ3) is 7.65. The molecular formula is C12H25NO3. The Hall–Kier alpha value is -0.610. The molecule has 0 aliphatic heterocycles. The first kappa shape index (κ1) is 15.4. The van der Waals surface area contributed by atoms with Crippen LogP contribution in [0.4, 0.5) is 0 Å². The summed E-state index contributed by atoms with van der Waals surface area (Å²) in [6.07, 6.45) is 3.97. The molecule has 0 bridgehead atoms. The number of rotatable bonds is 9. The van der Waals surface area contributed by atoms with Crippen LogP contribution in [0.3, 0.4) is 0 Å². The van der Waals surface area contributed by atoms with Crippen molar-refractivity contribution >= 4 is 5.91 Å². The maximum Gasteiger partial charge on any atom is 0.223 e. The van der Waals surface area contributed by atoms with E-state index in [1.807, 2.05) is 0 Å². The summed E-state index contributed by atoms with van der Waals surface area (Å²) in [5.41, 5.74) is 0. The maximum atomic E-state index is 11.7. The van der Waals surface area contributed by atoms with Gasteiger partial charge < -0.3 is 15.5 Å². The highest BCUT2D eigenvalue weighted by atomic mass is 16.3. The highest BCUT2D eigenvalue weighted by molar-refractivity contribution is 5.78. The van der Waals surface area contributed by atoms with E-state index in [1.165, 1.54) is 0 Å². The molecule has 0 fully saturated rings. The molecule has 2 atom stereocenters. The molecule has 0 spiro atoms. The van der Waals surface area contributed by atoms with Gasteiger partial charge in [0, 0.05) is 12.5 Å². The highest BCUT2D eigenvalue weighted by Crippen LogP contribution is 2.16. The largest absolute Gasteiger partial charge is 0.395 e. The Kier molecular flexibility index (Phi) is 9.24. The van der Waals surface area contributed by atoms with Crippen LogP contribution < -0.4 is 5.32 Å². The summed E-state index contributed by atoms with van der Waals surface area (Å²) < 4.78 is 0. The molecule has 3 N–H and O–H groups in total. The Labute approximate surface area is 98.1 Å². The van der Waals surface area contributed by atoms with Crippen LogP contribution in [0, 0.1) is 5.92 Å². The summed E-state index contributed by atoms with van der Waals surface area (Å²) in [5.74, 6) is -0.0238. The fraction of sp³-hybridized carbons (Fsp3) is 0.917. The summed E-state index contributed by atoms with van der Waals surface area (Å²) in [5, 5.41) is 20.5. The van der Waals surface area contributed by atoms with Gasteiger partial charge in [-0.1, -0.05) is 19.8 Å². The van der Waals surface area contributed by atoms with Crippen LogP contribution in [-0.2, 0) is 4.79 Å². The first-order chi connectivity index (χ1) is 7.61. The van der Waals surface area contributed by atoms with E-state index in [1.54, 1.807) is 6.92 Å². The average Bonchev–Trinajstić information content (AvgIpc) is 2.25. The van der Waals surface area contributed by atoms with Gasteiger partial charge in [0.05, 0.1) is 12.7 Å². The van der Waals surface area contributed by atoms with Crippen LogP contribution in [-0.4, -0.2) is 35.4 Å². The van der Waals surface area contributed by atoms with Crippen LogP contribution in [0.1, 0.15) is 46.0 Å². The molecule has 16 heavy (non-hydrogen) atoms. The third-order valence-electron chi connectivity index (χ3n) is 2.62. The lowest BCUT2D eigenvalue weighted by molar-refractivity contribution is -0.125. The fourth-order valence-electron chi connectivity index (χ4n) is 1.62. The summed E-state index contributed by atoms with van der Waals surface area (Å²) in [7, 11) is 0. The van der Waals surface area contributed by atoms with Gasteiger partial charge in [-0.2, -0.15) is 0 Å². The zero-order chi connectivity index (χ0) is 12.4. The molecule has 0 unspecified atom stereocenters. The van der Waals surface area contributed by atoms with Crippen molar-refractivity contribution in [2.24, 2.45) is 5.92 Å². The molecular weight excluding hydrogens is 206 g/mol. The molecule has 4 nitrogen and oxygen atoms in total. The van der Waals surface area contributed by atoms with Crippen LogP contribution in [0.2, 0.25) is 0 Å². The van der Waals surface area contributed by atoms with Crippen molar-refractivity contribution in [1.29, 1.82) is 0 Å². The van der Waals surface area contributed by atoms with Crippen LogP contribution in [0.15, 0.2) is 0 Å². The molecule has 0 aromatic carbocycles. The van der Waals surface area contributed by atoms with Gasteiger partial charge in [0.15, 0.2) is 0 Å².